The predicted molar refractivity (Wildman–Crippen MR) is 96.3 cm³/mol. The molecule has 0 saturated heterocycles. The van der Waals surface area contributed by atoms with Crippen LogP contribution in [0.3, 0.4) is 0 Å². The van der Waals surface area contributed by atoms with E-state index in [0.717, 1.165) is 11.1 Å². The third kappa shape index (κ3) is 4.00. The summed E-state index contributed by atoms with van der Waals surface area (Å²) in [5.41, 5.74) is 3.10. The largest absolute Gasteiger partial charge is 0.417 e. The summed E-state index contributed by atoms with van der Waals surface area (Å²) in [6.45, 7) is 4.39. The second-order valence-corrected chi connectivity index (χ2v) is 7.98. The van der Waals surface area contributed by atoms with Gasteiger partial charge in [-0.15, -0.1) is 0 Å². The molecular formula is C18H20N2O4S. The van der Waals surface area contributed by atoms with Crippen LogP contribution in [-0.2, 0) is 16.4 Å². The fourth-order valence-electron chi connectivity index (χ4n) is 2.60. The number of H-pyrrole nitrogens is 1. The zero-order valence-electron chi connectivity index (χ0n) is 14.1. The van der Waals surface area contributed by atoms with Crippen LogP contribution in [0.1, 0.15) is 30.9 Å². The number of rotatable bonds is 6. The SMILES string of the molecule is CC(C)c1ccc(S(=O)(=O)NCCc2ccc3oc(=O)[nH]c3c2)cc1. The minimum Gasteiger partial charge on any atom is -0.408 e. The molecule has 0 saturated carbocycles. The standard InChI is InChI=1S/C18H20N2O4S/c1-12(2)14-4-6-15(7-5-14)25(22,23)19-10-9-13-3-8-17-16(11-13)20-18(21)24-17/h3-8,11-12,19H,9-10H2,1-2H3,(H,20,21). The lowest BCUT2D eigenvalue weighted by atomic mass is 10.0. The van der Waals surface area contributed by atoms with Gasteiger partial charge in [0, 0.05) is 6.54 Å². The van der Waals surface area contributed by atoms with E-state index in [4.69, 9.17) is 4.42 Å². The Morgan fingerprint density at radius 1 is 1.12 bits per heavy atom. The number of fused-ring (bicyclic) bond motifs is 1. The molecule has 0 atom stereocenters. The fourth-order valence-corrected chi connectivity index (χ4v) is 3.63. The van der Waals surface area contributed by atoms with Crippen LogP contribution in [0.2, 0.25) is 0 Å². The summed E-state index contributed by atoms with van der Waals surface area (Å²) in [6, 6.07) is 12.2. The smallest absolute Gasteiger partial charge is 0.408 e. The number of aromatic nitrogens is 1. The van der Waals surface area contributed by atoms with Crippen molar-refractivity contribution in [1.29, 1.82) is 0 Å². The van der Waals surface area contributed by atoms with Gasteiger partial charge in [-0.25, -0.2) is 17.9 Å². The van der Waals surface area contributed by atoms with Crippen molar-refractivity contribution in [2.75, 3.05) is 6.54 Å². The molecular weight excluding hydrogens is 340 g/mol. The Kier molecular flexibility index (Phi) is 4.78. The maximum atomic E-state index is 12.3. The minimum atomic E-state index is -3.54. The highest BCUT2D eigenvalue weighted by Crippen LogP contribution is 2.17. The lowest BCUT2D eigenvalue weighted by Gasteiger charge is -2.09. The molecule has 7 heteroatoms. The summed E-state index contributed by atoms with van der Waals surface area (Å²) in [5, 5.41) is 0. The third-order valence-corrected chi connectivity index (χ3v) is 5.52. The van der Waals surface area contributed by atoms with Gasteiger partial charge < -0.3 is 4.42 Å². The Hall–Kier alpha value is -2.38. The molecule has 0 radical (unpaired) electrons. The Balaban J connectivity index is 1.65. The van der Waals surface area contributed by atoms with E-state index in [0.29, 0.717) is 23.4 Å². The van der Waals surface area contributed by atoms with E-state index in [-0.39, 0.29) is 11.4 Å². The van der Waals surface area contributed by atoms with Crippen LogP contribution in [0.15, 0.2) is 56.6 Å². The molecule has 1 aromatic heterocycles. The highest BCUT2D eigenvalue weighted by Gasteiger charge is 2.13. The van der Waals surface area contributed by atoms with Crippen LogP contribution in [0.4, 0.5) is 0 Å². The average molecular weight is 360 g/mol. The van der Waals surface area contributed by atoms with Gasteiger partial charge in [-0.2, -0.15) is 0 Å². The molecule has 0 aliphatic carbocycles. The molecule has 3 aromatic rings. The first-order chi connectivity index (χ1) is 11.8. The molecule has 3 rings (SSSR count). The molecule has 0 fully saturated rings. The van der Waals surface area contributed by atoms with Gasteiger partial charge in [0.15, 0.2) is 5.58 Å². The first-order valence-electron chi connectivity index (χ1n) is 8.06. The zero-order chi connectivity index (χ0) is 18.0. The van der Waals surface area contributed by atoms with Crippen LogP contribution in [0.5, 0.6) is 0 Å². The van der Waals surface area contributed by atoms with Gasteiger partial charge in [-0.3, -0.25) is 4.98 Å². The van der Waals surface area contributed by atoms with E-state index in [1.165, 1.54) is 0 Å². The van der Waals surface area contributed by atoms with Crippen LogP contribution < -0.4 is 10.5 Å². The first-order valence-corrected chi connectivity index (χ1v) is 9.55. The van der Waals surface area contributed by atoms with E-state index < -0.39 is 15.8 Å². The van der Waals surface area contributed by atoms with E-state index in [9.17, 15) is 13.2 Å². The summed E-state index contributed by atoms with van der Waals surface area (Å²) >= 11 is 0. The van der Waals surface area contributed by atoms with Crippen molar-refractivity contribution in [1.82, 2.24) is 9.71 Å². The number of aromatic amines is 1. The van der Waals surface area contributed by atoms with E-state index in [1.54, 1.807) is 24.3 Å². The number of nitrogens with one attached hydrogen (secondary N) is 2. The van der Waals surface area contributed by atoms with Gasteiger partial charge in [-0.1, -0.05) is 32.0 Å². The molecule has 0 spiro atoms. The zero-order valence-corrected chi connectivity index (χ0v) is 14.9. The lowest BCUT2D eigenvalue weighted by Crippen LogP contribution is -2.26. The van der Waals surface area contributed by atoms with Crippen LogP contribution in [0.25, 0.3) is 11.1 Å². The molecule has 0 aliphatic rings. The normalized spacial score (nSPS) is 12.1. The maximum absolute atomic E-state index is 12.3. The van der Waals surface area contributed by atoms with E-state index in [1.807, 2.05) is 18.2 Å². The summed E-state index contributed by atoms with van der Waals surface area (Å²) < 4.78 is 32.2. The van der Waals surface area contributed by atoms with E-state index in [2.05, 4.69) is 23.6 Å². The van der Waals surface area contributed by atoms with Gasteiger partial charge in [0.25, 0.3) is 0 Å². The number of oxazole rings is 1. The van der Waals surface area contributed by atoms with Gasteiger partial charge in [-0.05, 0) is 47.7 Å². The number of sulfonamides is 1. The molecule has 2 aromatic carbocycles. The molecule has 0 unspecified atom stereocenters. The second kappa shape index (κ2) is 6.85. The summed E-state index contributed by atoms with van der Waals surface area (Å²) in [5.74, 6) is -0.147. The molecule has 132 valence electrons. The van der Waals surface area contributed by atoms with Crippen molar-refractivity contribution in [3.8, 4) is 0 Å². The maximum Gasteiger partial charge on any atom is 0.417 e. The van der Waals surface area contributed by atoms with Crippen molar-refractivity contribution in [3.63, 3.8) is 0 Å². The quantitative estimate of drug-likeness (QED) is 0.707. The fraction of sp³-hybridized carbons (Fsp3) is 0.278. The van der Waals surface area contributed by atoms with Crippen molar-refractivity contribution >= 4 is 21.1 Å². The second-order valence-electron chi connectivity index (χ2n) is 6.22. The Morgan fingerprint density at radius 2 is 1.84 bits per heavy atom. The summed E-state index contributed by atoms with van der Waals surface area (Å²) in [7, 11) is -3.54. The monoisotopic (exact) mass is 360 g/mol. The Morgan fingerprint density at radius 3 is 2.52 bits per heavy atom. The molecule has 0 amide bonds. The summed E-state index contributed by atoms with van der Waals surface area (Å²) in [4.78, 5) is 14.0. The lowest BCUT2D eigenvalue weighted by molar-refractivity contribution is 0.555. The molecule has 25 heavy (non-hydrogen) atoms. The highest BCUT2D eigenvalue weighted by molar-refractivity contribution is 7.89. The van der Waals surface area contributed by atoms with Gasteiger partial charge >= 0.3 is 5.76 Å². The van der Waals surface area contributed by atoms with Gasteiger partial charge in [0.2, 0.25) is 10.0 Å². The van der Waals surface area contributed by atoms with Crippen molar-refractivity contribution in [2.45, 2.75) is 31.1 Å². The average Bonchev–Trinajstić information content (AvgIpc) is 2.94. The highest BCUT2D eigenvalue weighted by atomic mass is 32.2. The van der Waals surface area contributed by atoms with Gasteiger partial charge in [0.05, 0.1) is 10.4 Å². The summed E-state index contributed by atoms with van der Waals surface area (Å²) in [6.07, 6.45) is 0.506. The minimum absolute atomic E-state index is 0.256. The third-order valence-electron chi connectivity index (χ3n) is 4.05. The topological polar surface area (TPSA) is 92.2 Å². The molecule has 1 heterocycles. The first kappa shape index (κ1) is 17.4. The Labute approximate surface area is 145 Å². The number of hydrogen-bond donors (Lipinski definition) is 2. The van der Waals surface area contributed by atoms with Crippen LogP contribution in [0, 0.1) is 0 Å². The molecule has 6 nitrogen and oxygen atoms in total. The number of benzene rings is 2. The van der Waals surface area contributed by atoms with Crippen molar-refractivity contribution in [3.05, 3.63) is 64.1 Å². The van der Waals surface area contributed by atoms with Crippen molar-refractivity contribution < 1.29 is 12.8 Å². The van der Waals surface area contributed by atoms with Gasteiger partial charge in [0.1, 0.15) is 0 Å². The van der Waals surface area contributed by atoms with E-state index >= 15 is 0 Å². The molecule has 0 aliphatic heterocycles. The van der Waals surface area contributed by atoms with Crippen LogP contribution >= 0.6 is 0 Å². The number of hydrogen-bond acceptors (Lipinski definition) is 4. The van der Waals surface area contributed by atoms with Crippen LogP contribution in [-0.4, -0.2) is 19.9 Å². The molecule has 0 bridgehead atoms. The van der Waals surface area contributed by atoms with Crippen molar-refractivity contribution in [2.24, 2.45) is 0 Å². The molecule has 2 N–H and O–H groups in total. The predicted octanol–water partition coefficient (Wildman–Crippen LogP) is 2.77. The Bertz CT molecular complexity index is 1030.